The average Bonchev–Trinajstić information content (AvgIpc) is 2.76. The molecule has 0 aromatic carbocycles. The molecule has 1 aromatic rings. The van der Waals surface area contributed by atoms with Crippen molar-refractivity contribution in [2.24, 2.45) is 0 Å². The van der Waals surface area contributed by atoms with E-state index in [1.165, 1.54) is 0 Å². The molecule has 0 spiro atoms. The fraction of sp³-hybridized carbons (Fsp3) is 0.667. The highest BCUT2D eigenvalue weighted by Crippen LogP contribution is 2.20. The van der Waals surface area contributed by atoms with E-state index in [2.05, 4.69) is 4.98 Å². The molecule has 5 nitrogen and oxygen atoms in total. The lowest BCUT2D eigenvalue weighted by atomic mass is 10.2. The van der Waals surface area contributed by atoms with Crippen LogP contribution in [0.4, 0.5) is 5.82 Å². The van der Waals surface area contributed by atoms with Gasteiger partial charge in [-0.05, 0) is 26.7 Å². The van der Waals surface area contributed by atoms with E-state index in [0.717, 1.165) is 19.4 Å². The summed E-state index contributed by atoms with van der Waals surface area (Å²) in [4.78, 5) is 18.4. The molecule has 0 aliphatic carbocycles. The highest BCUT2D eigenvalue weighted by Gasteiger charge is 2.27. The summed E-state index contributed by atoms with van der Waals surface area (Å²) in [6.45, 7) is 4.82. The van der Waals surface area contributed by atoms with Crippen molar-refractivity contribution in [3.05, 3.63) is 22.7 Å². The summed E-state index contributed by atoms with van der Waals surface area (Å²) in [6, 6.07) is 0.164. The number of anilines is 1. The fourth-order valence-corrected chi connectivity index (χ4v) is 2.32. The maximum absolute atomic E-state index is 12.2. The molecule has 1 unspecified atom stereocenters. The second kappa shape index (κ2) is 4.87. The summed E-state index contributed by atoms with van der Waals surface area (Å²) in [6.07, 6.45) is 5.29. The Morgan fingerprint density at radius 3 is 3.00 bits per heavy atom. The van der Waals surface area contributed by atoms with E-state index in [4.69, 9.17) is 0 Å². The Kier molecular flexibility index (Phi) is 3.47. The highest BCUT2D eigenvalue weighted by molar-refractivity contribution is 5.38. The van der Waals surface area contributed by atoms with Crippen LogP contribution < -0.4 is 10.5 Å². The number of hydrogen-bond donors (Lipinski definition) is 1. The third-order valence-corrected chi connectivity index (χ3v) is 3.27. The van der Waals surface area contributed by atoms with Gasteiger partial charge in [0.15, 0.2) is 5.82 Å². The molecule has 1 fully saturated rings. The van der Waals surface area contributed by atoms with Crippen LogP contribution in [0.25, 0.3) is 0 Å². The van der Waals surface area contributed by atoms with E-state index >= 15 is 0 Å². The van der Waals surface area contributed by atoms with Gasteiger partial charge in [0.1, 0.15) is 0 Å². The minimum atomic E-state index is -0.0668. The van der Waals surface area contributed by atoms with Crippen molar-refractivity contribution in [2.75, 3.05) is 18.1 Å². The van der Waals surface area contributed by atoms with E-state index in [9.17, 15) is 9.90 Å². The second-order valence-electron chi connectivity index (χ2n) is 4.73. The Bertz CT molecular complexity index is 442. The zero-order chi connectivity index (χ0) is 12.4. The lowest BCUT2D eigenvalue weighted by molar-refractivity contribution is 0.265. The van der Waals surface area contributed by atoms with Crippen LogP contribution in [0.5, 0.6) is 0 Å². The van der Waals surface area contributed by atoms with Crippen LogP contribution in [0.3, 0.4) is 0 Å². The van der Waals surface area contributed by atoms with Crippen LogP contribution in [0.15, 0.2) is 17.2 Å². The van der Waals surface area contributed by atoms with E-state index in [1.807, 2.05) is 18.7 Å². The Labute approximate surface area is 101 Å². The first-order valence-electron chi connectivity index (χ1n) is 6.09. The van der Waals surface area contributed by atoms with Crippen molar-refractivity contribution < 1.29 is 5.11 Å². The smallest absolute Gasteiger partial charge is 0.293 e. The molecule has 17 heavy (non-hydrogen) atoms. The molecular weight excluding hydrogens is 218 g/mol. The first-order chi connectivity index (χ1) is 8.15. The van der Waals surface area contributed by atoms with Gasteiger partial charge in [0.2, 0.25) is 0 Å². The summed E-state index contributed by atoms with van der Waals surface area (Å²) in [5, 5.41) is 9.29. The highest BCUT2D eigenvalue weighted by atomic mass is 16.3. The van der Waals surface area contributed by atoms with Crippen molar-refractivity contribution in [1.29, 1.82) is 0 Å². The predicted octanol–water partition coefficient (Wildman–Crippen LogP) is 0.785. The molecular formula is C12H19N3O2. The Morgan fingerprint density at radius 2 is 2.35 bits per heavy atom. The Balaban J connectivity index is 2.39. The number of rotatable bonds is 3. The fourth-order valence-electron chi connectivity index (χ4n) is 2.32. The standard InChI is InChI=1S/C12H19N3O2/c1-9(2)14-7-5-13-11(12(14)17)15-6-3-4-10(15)8-16/h5,7,9-10,16H,3-4,6,8H2,1-2H3. The van der Waals surface area contributed by atoms with Crippen molar-refractivity contribution in [3.63, 3.8) is 0 Å². The zero-order valence-electron chi connectivity index (χ0n) is 10.3. The number of hydrogen-bond acceptors (Lipinski definition) is 4. The summed E-state index contributed by atoms with van der Waals surface area (Å²) < 4.78 is 1.68. The molecule has 2 rings (SSSR count). The van der Waals surface area contributed by atoms with Gasteiger partial charge in [-0.2, -0.15) is 0 Å². The zero-order valence-corrected chi connectivity index (χ0v) is 10.3. The van der Waals surface area contributed by atoms with Gasteiger partial charge in [-0.1, -0.05) is 0 Å². The molecule has 1 aliphatic rings. The van der Waals surface area contributed by atoms with Crippen LogP contribution >= 0.6 is 0 Å². The molecule has 1 N–H and O–H groups in total. The van der Waals surface area contributed by atoms with Gasteiger partial charge in [-0.15, -0.1) is 0 Å². The van der Waals surface area contributed by atoms with Crippen LogP contribution in [-0.4, -0.2) is 33.9 Å². The molecule has 0 amide bonds. The monoisotopic (exact) mass is 237 g/mol. The summed E-state index contributed by atoms with van der Waals surface area (Å²) >= 11 is 0. The van der Waals surface area contributed by atoms with Gasteiger partial charge in [0.25, 0.3) is 5.56 Å². The third-order valence-electron chi connectivity index (χ3n) is 3.27. The summed E-state index contributed by atoms with van der Waals surface area (Å²) in [5.74, 6) is 0.470. The maximum atomic E-state index is 12.2. The quantitative estimate of drug-likeness (QED) is 0.844. The molecule has 1 saturated heterocycles. The van der Waals surface area contributed by atoms with Gasteiger partial charge in [0.05, 0.1) is 12.6 Å². The van der Waals surface area contributed by atoms with E-state index in [-0.39, 0.29) is 24.2 Å². The number of aromatic nitrogens is 2. The van der Waals surface area contributed by atoms with E-state index in [1.54, 1.807) is 17.0 Å². The molecule has 0 saturated carbocycles. The first-order valence-corrected chi connectivity index (χ1v) is 6.09. The lowest BCUT2D eigenvalue weighted by Gasteiger charge is -2.24. The molecule has 0 bridgehead atoms. The SMILES string of the molecule is CC(C)n1ccnc(N2CCCC2CO)c1=O. The number of aliphatic hydroxyl groups excluding tert-OH is 1. The van der Waals surface area contributed by atoms with E-state index < -0.39 is 0 Å². The topological polar surface area (TPSA) is 58.4 Å². The summed E-state index contributed by atoms with van der Waals surface area (Å²) in [5.41, 5.74) is -0.0668. The van der Waals surface area contributed by atoms with Gasteiger partial charge in [0, 0.05) is 25.0 Å². The van der Waals surface area contributed by atoms with Gasteiger partial charge >= 0.3 is 0 Å². The van der Waals surface area contributed by atoms with Crippen molar-refractivity contribution >= 4 is 5.82 Å². The predicted molar refractivity (Wildman–Crippen MR) is 66.3 cm³/mol. The average molecular weight is 237 g/mol. The van der Waals surface area contributed by atoms with Crippen LogP contribution in [0, 0.1) is 0 Å². The van der Waals surface area contributed by atoms with Crippen molar-refractivity contribution in [1.82, 2.24) is 9.55 Å². The van der Waals surface area contributed by atoms with Gasteiger partial charge in [-0.25, -0.2) is 4.98 Å². The molecule has 1 atom stereocenters. The summed E-state index contributed by atoms with van der Waals surface area (Å²) in [7, 11) is 0. The maximum Gasteiger partial charge on any atom is 0.293 e. The third kappa shape index (κ3) is 2.20. The van der Waals surface area contributed by atoms with Gasteiger partial charge in [-0.3, -0.25) is 4.79 Å². The number of aliphatic hydroxyl groups is 1. The van der Waals surface area contributed by atoms with Gasteiger partial charge < -0.3 is 14.6 Å². The van der Waals surface area contributed by atoms with Crippen molar-refractivity contribution in [2.45, 2.75) is 38.8 Å². The normalized spacial score (nSPS) is 20.2. The molecule has 1 aliphatic heterocycles. The minimum Gasteiger partial charge on any atom is -0.394 e. The first kappa shape index (κ1) is 12.1. The number of nitrogens with zero attached hydrogens (tertiary/aromatic N) is 3. The molecule has 1 aromatic heterocycles. The largest absolute Gasteiger partial charge is 0.394 e. The Morgan fingerprint density at radius 1 is 1.59 bits per heavy atom. The van der Waals surface area contributed by atoms with Crippen LogP contribution in [0.1, 0.15) is 32.7 Å². The van der Waals surface area contributed by atoms with Crippen LogP contribution in [0.2, 0.25) is 0 Å². The van der Waals surface area contributed by atoms with Crippen LogP contribution in [-0.2, 0) is 0 Å². The minimum absolute atomic E-state index is 0.0400. The molecule has 5 heteroatoms. The van der Waals surface area contributed by atoms with Crippen molar-refractivity contribution in [3.8, 4) is 0 Å². The molecule has 94 valence electrons. The lowest BCUT2D eigenvalue weighted by Crippen LogP contribution is -2.38. The molecule has 0 radical (unpaired) electrons. The van der Waals surface area contributed by atoms with E-state index in [0.29, 0.717) is 5.82 Å². The second-order valence-corrected chi connectivity index (χ2v) is 4.73. The molecule has 2 heterocycles. The Hall–Kier alpha value is -1.36.